The molecule has 1 aliphatic heterocycles. The third kappa shape index (κ3) is 4.47. The number of likely N-dealkylation sites (tertiary alicyclic amines) is 1. The normalized spacial score (nSPS) is 26.7. The van der Waals surface area contributed by atoms with Crippen LogP contribution >= 0.6 is 0 Å². The van der Waals surface area contributed by atoms with Crippen molar-refractivity contribution in [1.29, 1.82) is 0 Å². The van der Waals surface area contributed by atoms with E-state index in [0.29, 0.717) is 25.2 Å². The molecular formula is C11H23N3O2. The highest BCUT2D eigenvalue weighted by atomic mass is 16.5. The van der Waals surface area contributed by atoms with Gasteiger partial charge in [-0.3, -0.25) is 4.79 Å². The summed E-state index contributed by atoms with van der Waals surface area (Å²) in [4.78, 5) is 13.8. The van der Waals surface area contributed by atoms with Gasteiger partial charge in [0, 0.05) is 25.2 Å². The third-order valence-electron chi connectivity index (χ3n) is 3.07. The lowest BCUT2D eigenvalue weighted by Gasteiger charge is -2.35. The molecule has 94 valence electrons. The minimum atomic E-state index is -0.0322. The van der Waals surface area contributed by atoms with Crippen LogP contribution in [0.5, 0.6) is 0 Å². The van der Waals surface area contributed by atoms with Crippen LogP contribution < -0.4 is 11.1 Å². The second kappa shape index (κ2) is 6.83. The number of amides is 1. The fourth-order valence-electron chi connectivity index (χ4n) is 1.94. The van der Waals surface area contributed by atoms with Crippen molar-refractivity contribution in [2.45, 2.75) is 31.8 Å². The van der Waals surface area contributed by atoms with Crippen molar-refractivity contribution < 1.29 is 9.53 Å². The maximum Gasteiger partial charge on any atom is 0.246 e. The Morgan fingerprint density at radius 3 is 3.00 bits per heavy atom. The first-order valence-electron chi connectivity index (χ1n) is 5.91. The van der Waals surface area contributed by atoms with Crippen molar-refractivity contribution in [3.63, 3.8) is 0 Å². The van der Waals surface area contributed by atoms with Gasteiger partial charge in [-0.1, -0.05) is 0 Å². The molecule has 0 aromatic carbocycles. The van der Waals surface area contributed by atoms with Gasteiger partial charge < -0.3 is 20.7 Å². The van der Waals surface area contributed by atoms with Crippen LogP contribution in [0.3, 0.4) is 0 Å². The summed E-state index contributed by atoms with van der Waals surface area (Å²) >= 11 is 0. The highest BCUT2D eigenvalue weighted by Gasteiger charge is 2.23. The lowest BCUT2D eigenvalue weighted by Crippen LogP contribution is -2.48. The Bertz CT molecular complexity index is 223. The Morgan fingerprint density at radius 1 is 1.62 bits per heavy atom. The number of ether oxygens (including phenoxy) is 1. The van der Waals surface area contributed by atoms with Crippen LogP contribution in [0.1, 0.15) is 19.8 Å². The zero-order valence-corrected chi connectivity index (χ0v) is 10.2. The van der Waals surface area contributed by atoms with Gasteiger partial charge in [0.1, 0.15) is 6.61 Å². The molecule has 1 aliphatic rings. The summed E-state index contributed by atoms with van der Waals surface area (Å²) in [5.41, 5.74) is 5.27. The number of nitrogens with zero attached hydrogens (tertiary/aromatic N) is 1. The first kappa shape index (κ1) is 13.4. The molecular weight excluding hydrogens is 206 g/mol. The third-order valence-corrected chi connectivity index (χ3v) is 3.07. The van der Waals surface area contributed by atoms with E-state index in [1.807, 2.05) is 0 Å². The quantitative estimate of drug-likeness (QED) is 0.627. The van der Waals surface area contributed by atoms with E-state index in [4.69, 9.17) is 10.5 Å². The van der Waals surface area contributed by atoms with Gasteiger partial charge in [-0.05, 0) is 26.8 Å². The molecule has 0 saturated carbocycles. The van der Waals surface area contributed by atoms with E-state index in [2.05, 4.69) is 24.2 Å². The fourth-order valence-corrected chi connectivity index (χ4v) is 1.94. The molecule has 1 amide bonds. The van der Waals surface area contributed by atoms with Gasteiger partial charge in [0.25, 0.3) is 0 Å². The van der Waals surface area contributed by atoms with Crippen molar-refractivity contribution in [1.82, 2.24) is 10.2 Å². The maximum atomic E-state index is 11.5. The van der Waals surface area contributed by atoms with Crippen LogP contribution in [0.15, 0.2) is 0 Å². The van der Waals surface area contributed by atoms with Crippen LogP contribution in [-0.2, 0) is 9.53 Å². The molecule has 1 fully saturated rings. The van der Waals surface area contributed by atoms with Crippen LogP contribution in [0.25, 0.3) is 0 Å². The average Bonchev–Trinajstić information content (AvgIpc) is 2.24. The number of carbonyl (C=O) groups is 1. The topological polar surface area (TPSA) is 67.6 Å². The summed E-state index contributed by atoms with van der Waals surface area (Å²) in [7, 11) is 2.12. The Kier molecular flexibility index (Phi) is 5.73. The van der Waals surface area contributed by atoms with Crippen LogP contribution in [0.2, 0.25) is 0 Å². The minimum absolute atomic E-state index is 0.0322. The van der Waals surface area contributed by atoms with Crippen LogP contribution in [-0.4, -0.2) is 56.2 Å². The standard InChI is InChI=1S/C11H23N3O2/c1-9-7-10(3-5-14(9)2)13-11(15)8-16-6-4-12/h9-10H,3-8,12H2,1-2H3,(H,13,15). The van der Waals surface area contributed by atoms with E-state index in [1.54, 1.807) is 0 Å². The van der Waals surface area contributed by atoms with E-state index in [0.717, 1.165) is 19.4 Å². The lowest BCUT2D eigenvalue weighted by molar-refractivity contribution is -0.126. The summed E-state index contributed by atoms with van der Waals surface area (Å²) in [5.74, 6) is -0.0322. The first-order valence-corrected chi connectivity index (χ1v) is 5.91. The Labute approximate surface area is 97.3 Å². The predicted octanol–water partition coefficient (Wildman–Crippen LogP) is -0.439. The van der Waals surface area contributed by atoms with Gasteiger partial charge >= 0.3 is 0 Å². The number of carbonyl (C=O) groups excluding carboxylic acids is 1. The first-order chi connectivity index (χ1) is 7.63. The molecule has 0 bridgehead atoms. The van der Waals surface area contributed by atoms with Gasteiger partial charge in [0.05, 0.1) is 6.61 Å². The molecule has 2 unspecified atom stereocenters. The zero-order chi connectivity index (χ0) is 12.0. The summed E-state index contributed by atoms with van der Waals surface area (Å²) < 4.78 is 5.09. The molecule has 3 N–H and O–H groups in total. The number of hydrogen-bond acceptors (Lipinski definition) is 4. The number of rotatable bonds is 5. The summed E-state index contributed by atoms with van der Waals surface area (Å²) in [6.07, 6.45) is 2.03. The zero-order valence-electron chi connectivity index (χ0n) is 10.2. The average molecular weight is 229 g/mol. The van der Waals surface area contributed by atoms with Crippen molar-refractivity contribution in [2.24, 2.45) is 5.73 Å². The second-order valence-corrected chi connectivity index (χ2v) is 4.46. The molecule has 1 heterocycles. The molecule has 16 heavy (non-hydrogen) atoms. The molecule has 5 nitrogen and oxygen atoms in total. The van der Waals surface area contributed by atoms with E-state index in [9.17, 15) is 4.79 Å². The molecule has 1 saturated heterocycles. The molecule has 0 aromatic heterocycles. The molecule has 2 atom stereocenters. The summed E-state index contributed by atoms with van der Waals surface area (Å²) in [6, 6.07) is 0.823. The number of piperidine rings is 1. The molecule has 0 radical (unpaired) electrons. The smallest absolute Gasteiger partial charge is 0.246 e. The SMILES string of the molecule is CC1CC(NC(=O)COCCN)CCN1C. The molecule has 0 spiro atoms. The Balaban J connectivity index is 2.19. The van der Waals surface area contributed by atoms with Crippen LogP contribution in [0.4, 0.5) is 0 Å². The lowest BCUT2D eigenvalue weighted by atomic mass is 9.99. The molecule has 0 aromatic rings. The minimum Gasteiger partial charge on any atom is -0.370 e. The predicted molar refractivity (Wildman–Crippen MR) is 63.1 cm³/mol. The van der Waals surface area contributed by atoms with E-state index in [1.165, 1.54) is 0 Å². The number of nitrogens with one attached hydrogen (secondary N) is 1. The molecule has 1 rings (SSSR count). The van der Waals surface area contributed by atoms with Crippen molar-refractivity contribution in [2.75, 3.05) is 33.4 Å². The van der Waals surface area contributed by atoms with Gasteiger partial charge in [0.2, 0.25) is 5.91 Å². The summed E-state index contributed by atoms with van der Waals surface area (Å²) in [6.45, 7) is 4.24. The van der Waals surface area contributed by atoms with E-state index in [-0.39, 0.29) is 12.5 Å². The van der Waals surface area contributed by atoms with Gasteiger partial charge in [-0.25, -0.2) is 0 Å². The number of nitrogens with two attached hydrogens (primary N) is 1. The van der Waals surface area contributed by atoms with Gasteiger partial charge in [0.15, 0.2) is 0 Å². The Morgan fingerprint density at radius 2 is 2.38 bits per heavy atom. The molecule has 5 heteroatoms. The van der Waals surface area contributed by atoms with Crippen LogP contribution in [0, 0.1) is 0 Å². The Hall–Kier alpha value is -0.650. The highest BCUT2D eigenvalue weighted by molar-refractivity contribution is 5.77. The van der Waals surface area contributed by atoms with Crippen molar-refractivity contribution in [3.05, 3.63) is 0 Å². The highest BCUT2D eigenvalue weighted by Crippen LogP contribution is 2.14. The van der Waals surface area contributed by atoms with Crippen molar-refractivity contribution >= 4 is 5.91 Å². The monoisotopic (exact) mass is 229 g/mol. The van der Waals surface area contributed by atoms with E-state index >= 15 is 0 Å². The molecule has 0 aliphatic carbocycles. The van der Waals surface area contributed by atoms with E-state index < -0.39 is 0 Å². The largest absolute Gasteiger partial charge is 0.370 e. The summed E-state index contributed by atoms with van der Waals surface area (Å²) in [5, 5.41) is 3.00. The van der Waals surface area contributed by atoms with Gasteiger partial charge in [-0.2, -0.15) is 0 Å². The van der Waals surface area contributed by atoms with Gasteiger partial charge in [-0.15, -0.1) is 0 Å². The fraction of sp³-hybridized carbons (Fsp3) is 0.909. The van der Waals surface area contributed by atoms with Crippen molar-refractivity contribution in [3.8, 4) is 0 Å². The second-order valence-electron chi connectivity index (χ2n) is 4.46. The number of hydrogen-bond donors (Lipinski definition) is 2. The maximum absolute atomic E-state index is 11.5.